The van der Waals surface area contributed by atoms with Gasteiger partial charge in [-0.2, -0.15) is 0 Å². The smallest absolute Gasteiger partial charge is 0.259 e. The molecule has 2 amide bonds. The molecule has 164 valence electrons. The number of benzene rings is 2. The number of aliphatic imine (C=N–C) groups is 2. The maximum atomic E-state index is 13.3. The van der Waals surface area contributed by atoms with Crippen molar-refractivity contribution in [3.05, 3.63) is 65.7 Å². The molecule has 2 aromatic carbocycles. The van der Waals surface area contributed by atoms with Crippen molar-refractivity contribution in [3.63, 3.8) is 0 Å². The molecule has 0 spiro atoms. The summed E-state index contributed by atoms with van der Waals surface area (Å²) in [7, 11) is 0. The first kappa shape index (κ1) is 20.9. The maximum absolute atomic E-state index is 13.3. The van der Waals surface area contributed by atoms with Gasteiger partial charge in [-0.3, -0.25) is 20.0 Å². The summed E-state index contributed by atoms with van der Waals surface area (Å²) in [6.07, 6.45) is 1.24. The fourth-order valence-corrected chi connectivity index (χ4v) is 4.86. The fraction of sp³-hybridized carbons (Fsp3) is 0.304. The second kappa shape index (κ2) is 8.85. The molecule has 1 fully saturated rings. The van der Waals surface area contributed by atoms with Gasteiger partial charge < -0.3 is 5.32 Å². The van der Waals surface area contributed by atoms with Crippen molar-refractivity contribution in [3.8, 4) is 0 Å². The van der Waals surface area contributed by atoms with Gasteiger partial charge in [-0.15, -0.1) is 0 Å². The number of hydrogen-bond donors (Lipinski definition) is 3. The lowest BCUT2D eigenvalue weighted by atomic mass is 10.1. The second-order valence-electron chi connectivity index (χ2n) is 8.08. The molecule has 3 unspecified atom stereocenters. The average Bonchev–Trinajstić information content (AvgIpc) is 3.36. The Kier molecular flexibility index (Phi) is 5.77. The predicted octanol–water partition coefficient (Wildman–Crippen LogP) is 1.95. The van der Waals surface area contributed by atoms with Crippen LogP contribution in [0.3, 0.4) is 0 Å². The summed E-state index contributed by atoms with van der Waals surface area (Å²) in [5.74, 6) is 0.546. The molecule has 0 aromatic heterocycles. The van der Waals surface area contributed by atoms with Crippen molar-refractivity contribution in [2.24, 2.45) is 9.98 Å². The minimum absolute atomic E-state index is 0.104. The first-order valence-corrected chi connectivity index (χ1v) is 11.6. The average molecular weight is 449 g/mol. The van der Waals surface area contributed by atoms with E-state index in [9.17, 15) is 9.59 Å². The Morgan fingerprint density at radius 1 is 1.16 bits per heavy atom. The molecular weight excluding hydrogens is 424 g/mol. The molecule has 32 heavy (non-hydrogen) atoms. The van der Waals surface area contributed by atoms with Gasteiger partial charge in [0.25, 0.3) is 5.91 Å². The van der Waals surface area contributed by atoms with Gasteiger partial charge in [-0.05, 0) is 31.0 Å². The molecular formula is C23H24N6O2S. The van der Waals surface area contributed by atoms with Gasteiger partial charge in [0, 0.05) is 18.0 Å². The van der Waals surface area contributed by atoms with Crippen LogP contribution in [0.1, 0.15) is 24.5 Å². The van der Waals surface area contributed by atoms with Crippen molar-refractivity contribution >= 4 is 40.3 Å². The third kappa shape index (κ3) is 4.19. The number of carbonyl (C=O) groups excluding carboxylic acids is 2. The number of thioether (sulfide) groups is 1. The maximum Gasteiger partial charge on any atom is 0.259 e. The monoisotopic (exact) mass is 448 g/mol. The van der Waals surface area contributed by atoms with Crippen molar-refractivity contribution in [2.75, 3.05) is 5.75 Å². The van der Waals surface area contributed by atoms with Crippen molar-refractivity contribution in [2.45, 2.75) is 38.0 Å². The van der Waals surface area contributed by atoms with Gasteiger partial charge in [-0.1, -0.05) is 54.2 Å². The van der Waals surface area contributed by atoms with Crippen LogP contribution < -0.4 is 16.2 Å². The normalized spacial score (nSPS) is 24.0. The van der Waals surface area contributed by atoms with E-state index in [-0.39, 0.29) is 23.7 Å². The van der Waals surface area contributed by atoms with E-state index in [0.717, 1.165) is 23.2 Å². The lowest BCUT2D eigenvalue weighted by Gasteiger charge is -2.25. The third-order valence-electron chi connectivity index (χ3n) is 5.58. The SMILES string of the molecule is CC1CC(NC(=O)CSC2=Nc3ccccc3C3=NC(Cc4ccccc4)C(=O)N23)NN1. The number of nitrogens with one attached hydrogen (secondary N) is 3. The van der Waals surface area contributed by atoms with Gasteiger partial charge in [0.1, 0.15) is 11.9 Å². The highest BCUT2D eigenvalue weighted by molar-refractivity contribution is 8.14. The van der Waals surface area contributed by atoms with Gasteiger partial charge >= 0.3 is 0 Å². The van der Waals surface area contributed by atoms with Crippen LogP contribution in [-0.4, -0.2) is 51.7 Å². The number of hydrazine groups is 1. The number of para-hydroxylation sites is 1. The summed E-state index contributed by atoms with van der Waals surface area (Å²) in [5, 5.41) is 3.45. The quantitative estimate of drug-likeness (QED) is 0.650. The van der Waals surface area contributed by atoms with Gasteiger partial charge in [0.15, 0.2) is 5.17 Å². The molecule has 3 atom stereocenters. The number of fused-ring (bicyclic) bond motifs is 3. The number of hydrogen-bond acceptors (Lipinski definition) is 7. The largest absolute Gasteiger partial charge is 0.339 e. The first-order chi connectivity index (χ1) is 15.6. The van der Waals surface area contributed by atoms with E-state index in [1.165, 1.54) is 11.8 Å². The lowest BCUT2D eigenvalue weighted by molar-refractivity contribution is -0.124. The van der Waals surface area contributed by atoms with Crippen LogP contribution in [-0.2, 0) is 16.0 Å². The summed E-state index contributed by atoms with van der Waals surface area (Å²) in [6, 6.07) is 17.3. The molecule has 0 radical (unpaired) electrons. The molecule has 0 aliphatic carbocycles. The molecule has 3 heterocycles. The van der Waals surface area contributed by atoms with Crippen LogP contribution >= 0.6 is 11.8 Å². The molecule has 1 saturated heterocycles. The van der Waals surface area contributed by atoms with Gasteiger partial charge in [0.05, 0.1) is 17.6 Å². The third-order valence-corrected chi connectivity index (χ3v) is 6.52. The van der Waals surface area contributed by atoms with Crippen LogP contribution in [0.25, 0.3) is 0 Å². The molecule has 8 nitrogen and oxygen atoms in total. The highest BCUT2D eigenvalue weighted by Crippen LogP contribution is 2.34. The number of rotatable bonds is 5. The van der Waals surface area contributed by atoms with Crippen LogP contribution in [0, 0.1) is 0 Å². The van der Waals surface area contributed by atoms with E-state index in [2.05, 4.69) is 16.2 Å². The van der Waals surface area contributed by atoms with E-state index in [0.29, 0.717) is 23.5 Å². The Labute approximate surface area is 190 Å². The van der Waals surface area contributed by atoms with E-state index in [1.54, 1.807) is 4.90 Å². The summed E-state index contributed by atoms with van der Waals surface area (Å²) in [4.78, 5) is 36.8. The highest BCUT2D eigenvalue weighted by Gasteiger charge is 2.41. The topological polar surface area (TPSA) is 98.2 Å². The van der Waals surface area contributed by atoms with E-state index < -0.39 is 6.04 Å². The summed E-state index contributed by atoms with van der Waals surface area (Å²) in [6.45, 7) is 2.05. The summed E-state index contributed by atoms with van der Waals surface area (Å²) >= 11 is 1.26. The fourth-order valence-electron chi connectivity index (χ4n) is 4.04. The highest BCUT2D eigenvalue weighted by atomic mass is 32.2. The van der Waals surface area contributed by atoms with Crippen LogP contribution in [0.2, 0.25) is 0 Å². The summed E-state index contributed by atoms with van der Waals surface area (Å²) in [5.41, 5.74) is 8.79. The van der Waals surface area contributed by atoms with Crippen molar-refractivity contribution in [1.82, 2.24) is 21.1 Å². The van der Waals surface area contributed by atoms with Crippen molar-refractivity contribution in [1.29, 1.82) is 0 Å². The Balaban J connectivity index is 1.34. The molecule has 9 heteroatoms. The molecule has 3 N–H and O–H groups in total. The minimum atomic E-state index is -0.506. The molecule has 3 aliphatic heterocycles. The molecule has 5 rings (SSSR count). The zero-order valence-corrected chi connectivity index (χ0v) is 18.4. The number of carbonyl (C=O) groups is 2. The second-order valence-corrected chi connectivity index (χ2v) is 9.02. The summed E-state index contributed by atoms with van der Waals surface area (Å²) < 4.78 is 0. The number of amides is 2. The lowest BCUT2D eigenvalue weighted by Crippen LogP contribution is -2.46. The minimum Gasteiger partial charge on any atom is -0.339 e. The Hall–Kier alpha value is -3.01. The molecule has 3 aliphatic rings. The predicted molar refractivity (Wildman–Crippen MR) is 126 cm³/mol. The number of amidine groups is 2. The molecule has 0 bridgehead atoms. The number of nitrogens with zero attached hydrogens (tertiary/aromatic N) is 3. The van der Waals surface area contributed by atoms with Crippen LogP contribution in [0.4, 0.5) is 5.69 Å². The Morgan fingerprint density at radius 3 is 2.72 bits per heavy atom. The first-order valence-electron chi connectivity index (χ1n) is 10.7. The molecule has 2 aromatic rings. The standard InChI is InChI=1S/C23H24N6O2S/c1-14-11-19(28-27-14)26-20(30)13-32-23-25-17-10-6-5-9-16(17)21-24-18(22(31)29(21)23)12-15-7-3-2-4-8-15/h2-10,14,18-19,27-28H,11-13H2,1H3,(H,26,30). The Morgan fingerprint density at radius 2 is 1.94 bits per heavy atom. The zero-order valence-electron chi connectivity index (χ0n) is 17.6. The van der Waals surface area contributed by atoms with Crippen LogP contribution in [0.5, 0.6) is 0 Å². The molecule has 0 saturated carbocycles. The Bertz CT molecular complexity index is 1100. The van der Waals surface area contributed by atoms with E-state index >= 15 is 0 Å². The van der Waals surface area contributed by atoms with Gasteiger partial charge in [0.2, 0.25) is 5.91 Å². The zero-order chi connectivity index (χ0) is 22.1. The van der Waals surface area contributed by atoms with E-state index in [1.807, 2.05) is 61.5 Å². The van der Waals surface area contributed by atoms with Crippen LogP contribution in [0.15, 0.2) is 64.6 Å². The van der Waals surface area contributed by atoms with Crippen molar-refractivity contribution < 1.29 is 9.59 Å². The van der Waals surface area contributed by atoms with Gasteiger partial charge in [-0.25, -0.2) is 15.3 Å². The van der Waals surface area contributed by atoms with E-state index in [4.69, 9.17) is 9.98 Å².